The lowest BCUT2D eigenvalue weighted by atomic mass is 10.1. The molecule has 0 atom stereocenters. The normalized spacial score (nSPS) is 11.1. The summed E-state index contributed by atoms with van der Waals surface area (Å²) >= 11 is 0. The minimum Gasteiger partial charge on any atom is -0.407 e. The van der Waals surface area contributed by atoms with E-state index in [1.807, 2.05) is 48.3 Å². The number of methoxy groups -OCH3 is 1. The molecular formula is C28H29N7O3. The first-order valence-corrected chi connectivity index (χ1v) is 12.2. The van der Waals surface area contributed by atoms with Crippen molar-refractivity contribution in [3.05, 3.63) is 101 Å². The first kappa shape index (κ1) is 25.0. The van der Waals surface area contributed by atoms with Crippen LogP contribution in [-0.2, 0) is 31.0 Å². The van der Waals surface area contributed by atoms with Gasteiger partial charge in [-0.3, -0.25) is 9.36 Å². The summed E-state index contributed by atoms with van der Waals surface area (Å²) in [5.41, 5.74) is 10.7. The van der Waals surface area contributed by atoms with E-state index in [1.165, 1.54) is 0 Å². The van der Waals surface area contributed by atoms with Gasteiger partial charge >= 0.3 is 6.09 Å². The Morgan fingerprint density at radius 1 is 1.00 bits per heavy atom. The predicted molar refractivity (Wildman–Crippen MR) is 144 cm³/mol. The van der Waals surface area contributed by atoms with E-state index >= 15 is 0 Å². The molecule has 3 N–H and O–H groups in total. The fraction of sp³-hybridized carbons (Fsp3) is 0.214. The number of nitrogens with one attached hydrogen (secondary N) is 1. The number of hydrogen-bond donors (Lipinski definition) is 2. The zero-order valence-corrected chi connectivity index (χ0v) is 21.3. The summed E-state index contributed by atoms with van der Waals surface area (Å²) in [4.78, 5) is 16.7. The molecule has 0 aliphatic heterocycles. The molecule has 0 spiro atoms. The van der Waals surface area contributed by atoms with Gasteiger partial charge in [-0.25, -0.2) is 9.78 Å². The molecule has 0 saturated heterocycles. The van der Waals surface area contributed by atoms with Gasteiger partial charge in [0, 0.05) is 31.4 Å². The van der Waals surface area contributed by atoms with Crippen molar-refractivity contribution >= 4 is 22.7 Å². The maximum atomic E-state index is 12.6. The number of aromatic nitrogens is 5. The highest BCUT2D eigenvalue weighted by atomic mass is 16.6. The quantitative estimate of drug-likeness (QED) is 0.306. The van der Waals surface area contributed by atoms with Crippen LogP contribution in [0.25, 0.3) is 10.8 Å². The molecule has 0 unspecified atom stereocenters. The Labute approximate surface area is 220 Å². The third kappa shape index (κ3) is 5.98. The molecule has 10 heteroatoms. The van der Waals surface area contributed by atoms with Crippen LogP contribution in [0.1, 0.15) is 27.9 Å². The molecule has 2 aromatic carbocycles. The number of carbonyl (C=O) groups is 1. The summed E-state index contributed by atoms with van der Waals surface area (Å²) in [7, 11) is 1.57. The molecule has 0 radical (unpaired) electrons. The molecule has 5 rings (SSSR count). The number of aryl methyl sites for hydroxylation is 1. The summed E-state index contributed by atoms with van der Waals surface area (Å²) in [5.74, 6) is 0.830. The maximum absolute atomic E-state index is 12.6. The maximum Gasteiger partial charge on any atom is 0.412 e. The molecular weight excluding hydrogens is 482 g/mol. The molecule has 5 aromatic rings. The zero-order chi connectivity index (χ0) is 26.5. The summed E-state index contributed by atoms with van der Waals surface area (Å²) in [5, 5.41) is 13.5. The molecule has 0 saturated carbocycles. The number of carbonyl (C=O) groups excluding carboxylic acids is 1. The summed E-state index contributed by atoms with van der Waals surface area (Å²) < 4.78 is 14.5. The molecule has 0 fully saturated rings. The summed E-state index contributed by atoms with van der Waals surface area (Å²) in [6, 6.07) is 15.9. The van der Waals surface area contributed by atoms with Crippen molar-refractivity contribution in [3.8, 4) is 5.75 Å². The Kier molecular flexibility index (Phi) is 7.32. The second-order valence-electron chi connectivity index (χ2n) is 9.10. The second kappa shape index (κ2) is 11.1. The number of anilines is 1. The van der Waals surface area contributed by atoms with E-state index in [1.54, 1.807) is 24.2 Å². The van der Waals surface area contributed by atoms with Gasteiger partial charge in [0.2, 0.25) is 0 Å². The minimum absolute atomic E-state index is 0.220. The van der Waals surface area contributed by atoms with E-state index in [2.05, 4.69) is 44.8 Å². The lowest BCUT2D eigenvalue weighted by Gasteiger charge is -2.08. The van der Waals surface area contributed by atoms with Gasteiger partial charge in [0.25, 0.3) is 0 Å². The van der Waals surface area contributed by atoms with Crippen LogP contribution in [-0.4, -0.2) is 37.7 Å². The topological polar surface area (TPSA) is 122 Å². The number of ether oxygens (including phenoxy) is 2. The molecule has 1 amide bonds. The van der Waals surface area contributed by atoms with E-state index in [0.717, 1.165) is 33.0 Å². The number of nitrogens with zero attached hydrogens (tertiary/aromatic N) is 5. The number of amides is 1. The van der Waals surface area contributed by atoms with Crippen LogP contribution >= 0.6 is 0 Å². The van der Waals surface area contributed by atoms with Gasteiger partial charge in [-0.2, -0.15) is 10.2 Å². The highest BCUT2D eigenvalue weighted by Crippen LogP contribution is 2.21. The first-order valence-electron chi connectivity index (χ1n) is 12.2. The van der Waals surface area contributed by atoms with Crippen molar-refractivity contribution in [2.24, 2.45) is 0 Å². The largest absolute Gasteiger partial charge is 0.412 e. The Bertz CT molecular complexity index is 1560. The van der Waals surface area contributed by atoms with Gasteiger partial charge < -0.3 is 20.5 Å². The lowest BCUT2D eigenvalue weighted by molar-refractivity contribution is 0.174. The number of benzene rings is 2. The van der Waals surface area contributed by atoms with Crippen LogP contribution in [0.15, 0.2) is 73.3 Å². The van der Waals surface area contributed by atoms with Crippen molar-refractivity contribution in [3.63, 3.8) is 0 Å². The van der Waals surface area contributed by atoms with Crippen molar-refractivity contribution in [2.45, 2.75) is 33.2 Å². The van der Waals surface area contributed by atoms with Crippen LogP contribution in [0.4, 0.5) is 10.6 Å². The molecule has 0 aliphatic carbocycles. The Balaban J connectivity index is 1.20. The third-order valence-electron chi connectivity index (χ3n) is 6.05. The smallest absolute Gasteiger partial charge is 0.407 e. The highest BCUT2D eigenvalue weighted by Gasteiger charge is 2.15. The van der Waals surface area contributed by atoms with Gasteiger partial charge in [-0.05, 0) is 46.7 Å². The first-order chi connectivity index (χ1) is 18.5. The van der Waals surface area contributed by atoms with Gasteiger partial charge in [-0.1, -0.05) is 36.4 Å². The number of fused-ring (bicyclic) bond motifs is 1. The number of nitrogen functional groups attached to an aromatic ring is 1. The third-order valence-corrected chi connectivity index (χ3v) is 6.05. The van der Waals surface area contributed by atoms with E-state index < -0.39 is 6.09 Å². The van der Waals surface area contributed by atoms with E-state index in [9.17, 15) is 4.79 Å². The average Bonchev–Trinajstić information content (AvgIpc) is 3.49. The zero-order valence-electron chi connectivity index (χ0n) is 21.3. The monoisotopic (exact) mass is 511 g/mol. The molecule has 194 valence electrons. The van der Waals surface area contributed by atoms with Gasteiger partial charge in [-0.15, -0.1) is 0 Å². The van der Waals surface area contributed by atoms with Gasteiger partial charge in [0.15, 0.2) is 5.75 Å². The van der Waals surface area contributed by atoms with E-state index in [0.29, 0.717) is 36.9 Å². The van der Waals surface area contributed by atoms with Crippen LogP contribution in [0, 0.1) is 6.92 Å². The summed E-state index contributed by atoms with van der Waals surface area (Å²) in [6.45, 7) is 3.78. The second-order valence-corrected chi connectivity index (χ2v) is 9.10. The number of rotatable bonds is 9. The predicted octanol–water partition coefficient (Wildman–Crippen LogP) is 4.05. The lowest BCUT2D eigenvalue weighted by Crippen LogP contribution is -2.26. The van der Waals surface area contributed by atoms with E-state index in [-0.39, 0.29) is 6.61 Å². The fourth-order valence-electron chi connectivity index (χ4n) is 4.19. The number of hydrogen-bond acceptors (Lipinski definition) is 7. The van der Waals surface area contributed by atoms with Crippen molar-refractivity contribution < 1.29 is 14.3 Å². The van der Waals surface area contributed by atoms with E-state index in [4.69, 9.17) is 15.2 Å². The minimum atomic E-state index is -0.575. The Morgan fingerprint density at radius 3 is 2.45 bits per heavy atom. The van der Waals surface area contributed by atoms with Crippen molar-refractivity contribution in [1.29, 1.82) is 0 Å². The van der Waals surface area contributed by atoms with Crippen LogP contribution in [0.5, 0.6) is 5.75 Å². The highest BCUT2D eigenvalue weighted by molar-refractivity contribution is 5.91. The van der Waals surface area contributed by atoms with Crippen LogP contribution in [0.3, 0.4) is 0 Å². The Hall–Kier alpha value is -4.70. The standard InChI is InChI=1S/C28H29N7O3/c1-19-12-32-34(14-19)15-20-3-5-21(6-4-20)16-35-17-26(25(33-35)18-37-2)38-28(36)31-13-22-7-8-24-23(11-22)9-10-30-27(24)29/h3-12,14,17H,13,15-16,18H2,1-2H3,(H2,29,30)(H,31,36). The molecule has 10 nitrogen and oxygen atoms in total. The number of nitrogens with two attached hydrogens (primary N) is 1. The molecule has 38 heavy (non-hydrogen) atoms. The average molecular weight is 512 g/mol. The number of pyridine rings is 1. The van der Waals surface area contributed by atoms with Crippen LogP contribution in [0.2, 0.25) is 0 Å². The Morgan fingerprint density at radius 2 is 1.74 bits per heavy atom. The van der Waals surface area contributed by atoms with Crippen molar-refractivity contribution in [1.82, 2.24) is 29.9 Å². The van der Waals surface area contributed by atoms with Crippen LogP contribution < -0.4 is 15.8 Å². The molecule has 3 heterocycles. The van der Waals surface area contributed by atoms with Crippen molar-refractivity contribution in [2.75, 3.05) is 12.8 Å². The van der Waals surface area contributed by atoms with Gasteiger partial charge in [0.1, 0.15) is 11.5 Å². The van der Waals surface area contributed by atoms with Gasteiger partial charge in [0.05, 0.1) is 32.1 Å². The fourth-order valence-corrected chi connectivity index (χ4v) is 4.19. The summed E-state index contributed by atoms with van der Waals surface area (Å²) in [6.07, 6.45) is 6.66. The molecule has 3 aromatic heterocycles. The molecule has 0 aliphatic rings. The molecule has 0 bridgehead atoms. The SMILES string of the molecule is COCc1nn(Cc2ccc(Cn3cc(C)cn3)cc2)cc1OC(=O)NCc1ccc2c(N)nccc2c1.